The molecule has 0 saturated carbocycles. The average Bonchev–Trinajstić information content (AvgIpc) is 2.47. The first-order chi connectivity index (χ1) is 9.24. The van der Waals surface area contributed by atoms with Crippen LogP contribution < -0.4 is 0 Å². The molecule has 19 heavy (non-hydrogen) atoms. The molecule has 1 nitrogen and oxygen atoms in total. The Morgan fingerprint density at radius 1 is 0.895 bits per heavy atom. The minimum absolute atomic E-state index is 1.19. The van der Waals surface area contributed by atoms with Crippen molar-refractivity contribution in [3.63, 3.8) is 0 Å². The first kappa shape index (κ1) is 14.9. The van der Waals surface area contributed by atoms with Gasteiger partial charge >= 0.3 is 0 Å². The van der Waals surface area contributed by atoms with Crippen molar-refractivity contribution in [2.45, 2.75) is 20.8 Å². The van der Waals surface area contributed by atoms with Crippen molar-refractivity contribution in [1.29, 1.82) is 0 Å². The molecule has 2 rings (SSSR count). The Morgan fingerprint density at radius 2 is 1.42 bits per heavy atom. The van der Waals surface area contributed by atoms with Gasteiger partial charge in [0.1, 0.15) is 0 Å². The minimum atomic E-state index is 1.19. The molecule has 0 aliphatic heterocycles. The van der Waals surface area contributed by atoms with Gasteiger partial charge in [-0.2, -0.15) is 0 Å². The molecule has 0 aromatic heterocycles. The zero-order valence-corrected chi connectivity index (χ0v) is 11.9. The molecule has 0 amide bonds. The summed E-state index contributed by atoms with van der Waals surface area (Å²) in [5, 5.41) is 0. The van der Waals surface area contributed by atoms with Gasteiger partial charge in [0.25, 0.3) is 0 Å². The predicted molar refractivity (Wildman–Crippen MR) is 85.4 cm³/mol. The summed E-state index contributed by atoms with van der Waals surface area (Å²) in [4.78, 5) is 4.06. The summed E-state index contributed by atoms with van der Waals surface area (Å²) >= 11 is 0. The van der Waals surface area contributed by atoms with E-state index in [9.17, 15) is 0 Å². The van der Waals surface area contributed by atoms with Gasteiger partial charge in [0, 0.05) is 12.4 Å². The number of nitrogens with zero attached hydrogens (tertiary/aromatic N) is 1. The fourth-order valence-electron chi connectivity index (χ4n) is 1.50. The lowest BCUT2D eigenvalue weighted by Gasteiger charge is -1.97. The molecular weight excluding hydrogens is 230 g/mol. The molecule has 0 saturated heterocycles. The van der Waals surface area contributed by atoms with E-state index in [-0.39, 0.29) is 0 Å². The van der Waals surface area contributed by atoms with Crippen LogP contribution in [0.3, 0.4) is 0 Å². The van der Waals surface area contributed by atoms with Crippen molar-refractivity contribution < 1.29 is 0 Å². The Morgan fingerprint density at radius 3 is 1.84 bits per heavy atom. The fourth-order valence-corrected chi connectivity index (χ4v) is 1.50. The lowest BCUT2D eigenvalue weighted by atomic mass is 10.1. The Kier molecular flexibility index (Phi) is 6.96. The maximum atomic E-state index is 4.06. The third kappa shape index (κ3) is 6.37. The van der Waals surface area contributed by atoms with Crippen LogP contribution in [0.1, 0.15) is 25.0 Å². The number of benzene rings is 2. The lowest BCUT2D eigenvalue weighted by Crippen LogP contribution is -1.76. The van der Waals surface area contributed by atoms with Crippen molar-refractivity contribution in [2.75, 3.05) is 0 Å². The highest BCUT2D eigenvalue weighted by atomic mass is 14.7. The maximum absolute atomic E-state index is 4.06. The third-order valence-electron chi connectivity index (χ3n) is 2.59. The van der Waals surface area contributed by atoms with Gasteiger partial charge in [-0.3, -0.25) is 4.99 Å². The largest absolute Gasteiger partial charge is 0.269 e. The number of allylic oxidation sites excluding steroid dienone is 1. The molecule has 2 aromatic rings. The SMILES string of the molecule is CC=N/C=C(\C)c1ccccc1.Cc1ccccc1. The molecular formula is C18H21N. The summed E-state index contributed by atoms with van der Waals surface area (Å²) < 4.78 is 0. The molecule has 0 unspecified atom stereocenters. The van der Waals surface area contributed by atoms with Crippen LogP contribution in [0, 0.1) is 6.92 Å². The molecule has 0 aliphatic rings. The molecule has 98 valence electrons. The molecule has 0 N–H and O–H groups in total. The molecule has 0 fully saturated rings. The van der Waals surface area contributed by atoms with Crippen LogP contribution in [0.2, 0.25) is 0 Å². The van der Waals surface area contributed by atoms with Crippen molar-refractivity contribution in [2.24, 2.45) is 4.99 Å². The highest BCUT2D eigenvalue weighted by molar-refractivity contribution is 5.65. The first-order valence-corrected chi connectivity index (χ1v) is 6.45. The van der Waals surface area contributed by atoms with E-state index < -0.39 is 0 Å². The van der Waals surface area contributed by atoms with Gasteiger partial charge in [-0.15, -0.1) is 0 Å². The van der Waals surface area contributed by atoms with Gasteiger partial charge in [0.15, 0.2) is 0 Å². The van der Waals surface area contributed by atoms with Gasteiger partial charge in [-0.1, -0.05) is 66.2 Å². The Bertz CT molecular complexity index is 510. The van der Waals surface area contributed by atoms with Gasteiger partial charge in [-0.25, -0.2) is 0 Å². The zero-order valence-electron chi connectivity index (χ0n) is 11.9. The number of aryl methyl sites for hydroxylation is 1. The van der Waals surface area contributed by atoms with Gasteiger partial charge in [0.2, 0.25) is 0 Å². The van der Waals surface area contributed by atoms with Crippen LogP contribution >= 0.6 is 0 Å². The van der Waals surface area contributed by atoms with Crippen LogP contribution in [0.4, 0.5) is 0 Å². The smallest absolute Gasteiger partial charge is 0.0298 e. The van der Waals surface area contributed by atoms with Gasteiger partial charge in [0.05, 0.1) is 0 Å². The van der Waals surface area contributed by atoms with Crippen molar-refractivity contribution in [3.05, 3.63) is 78.0 Å². The van der Waals surface area contributed by atoms with Crippen LogP contribution in [0.15, 0.2) is 71.9 Å². The summed E-state index contributed by atoms with van der Waals surface area (Å²) in [6.45, 7) is 6.05. The second-order valence-corrected chi connectivity index (χ2v) is 4.24. The summed E-state index contributed by atoms with van der Waals surface area (Å²) in [6, 6.07) is 20.5. The number of hydrogen-bond donors (Lipinski definition) is 0. The maximum Gasteiger partial charge on any atom is 0.0298 e. The van der Waals surface area contributed by atoms with E-state index >= 15 is 0 Å². The Hall–Kier alpha value is -2.15. The summed E-state index contributed by atoms with van der Waals surface area (Å²) in [5.41, 5.74) is 3.74. The van der Waals surface area contributed by atoms with Crippen molar-refractivity contribution in [3.8, 4) is 0 Å². The van der Waals surface area contributed by atoms with Crippen LogP contribution in [-0.4, -0.2) is 6.21 Å². The number of hydrogen-bond acceptors (Lipinski definition) is 1. The van der Waals surface area contributed by atoms with E-state index in [0.29, 0.717) is 0 Å². The van der Waals surface area contributed by atoms with Crippen LogP contribution in [-0.2, 0) is 0 Å². The molecule has 0 radical (unpaired) electrons. The molecule has 0 aliphatic carbocycles. The second kappa shape index (κ2) is 8.87. The first-order valence-electron chi connectivity index (χ1n) is 6.45. The van der Waals surface area contributed by atoms with E-state index in [1.807, 2.05) is 49.5 Å². The van der Waals surface area contributed by atoms with Gasteiger partial charge < -0.3 is 0 Å². The van der Waals surface area contributed by atoms with E-state index in [1.54, 1.807) is 6.21 Å². The second-order valence-electron chi connectivity index (χ2n) is 4.24. The normalized spacial score (nSPS) is 11.0. The molecule has 0 bridgehead atoms. The van der Waals surface area contributed by atoms with E-state index in [0.717, 1.165) is 0 Å². The highest BCUT2D eigenvalue weighted by Gasteiger charge is 1.90. The zero-order chi connectivity index (χ0) is 13.9. The van der Waals surface area contributed by atoms with E-state index in [1.165, 1.54) is 16.7 Å². The fraction of sp³-hybridized carbons (Fsp3) is 0.167. The number of rotatable bonds is 2. The minimum Gasteiger partial charge on any atom is -0.269 e. The summed E-state index contributed by atoms with van der Waals surface area (Å²) in [6.07, 6.45) is 3.65. The van der Waals surface area contributed by atoms with Gasteiger partial charge in [-0.05, 0) is 31.9 Å². The van der Waals surface area contributed by atoms with Crippen LogP contribution in [0.5, 0.6) is 0 Å². The van der Waals surface area contributed by atoms with Crippen LogP contribution in [0.25, 0.3) is 5.57 Å². The molecule has 0 atom stereocenters. The third-order valence-corrected chi connectivity index (χ3v) is 2.59. The molecule has 1 heteroatoms. The highest BCUT2D eigenvalue weighted by Crippen LogP contribution is 2.11. The predicted octanol–water partition coefficient (Wildman–Crippen LogP) is 5.13. The molecule has 0 heterocycles. The Labute approximate surface area is 116 Å². The molecule has 2 aromatic carbocycles. The topological polar surface area (TPSA) is 12.4 Å². The summed E-state index contributed by atoms with van der Waals surface area (Å²) in [5.74, 6) is 0. The summed E-state index contributed by atoms with van der Waals surface area (Å²) in [7, 11) is 0. The standard InChI is InChI=1S/C11H13N.C7H8/c1-3-12-9-10(2)11-7-5-4-6-8-11;1-7-5-3-2-4-6-7/h3-9H,1-2H3;2-6H,1H3/b10-9+,12-3?;. The average molecular weight is 251 g/mol. The number of aliphatic imine (C=N–C) groups is 1. The monoisotopic (exact) mass is 251 g/mol. The lowest BCUT2D eigenvalue weighted by molar-refractivity contribution is 1.48. The molecule has 0 spiro atoms. The van der Waals surface area contributed by atoms with E-state index in [2.05, 4.69) is 43.1 Å². The van der Waals surface area contributed by atoms with Crippen molar-refractivity contribution >= 4 is 11.8 Å². The van der Waals surface area contributed by atoms with E-state index in [4.69, 9.17) is 0 Å². The Balaban J connectivity index is 0.000000218. The van der Waals surface area contributed by atoms with Crippen molar-refractivity contribution in [1.82, 2.24) is 0 Å². The quantitative estimate of drug-likeness (QED) is 0.656.